The van der Waals surface area contributed by atoms with Gasteiger partial charge in [0.05, 0.1) is 18.1 Å². The molecular formula is C12H12BrClO2. The SMILES string of the molecule is CCOC(=O)CC=Cc1ccc(Br)c(Cl)c1. The van der Waals surface area contributed by atoms with Gasteiger partial charge in [0.1, 0.15) is 0 Å². The number of carbonyl (C=O) groups is 1. The van der Waals surface area contributed by atoms with Gasteiger partial charge in [0.25, 0.3) is 0 Å². The van der Waals surface area contributed by atoms with Gasteiger partial charge in [-0.25, -0.2) is 0 Å². The van der Waals surface area contributed by atoms with Crippen molar-refractivity contribution >= 4 is 39.6 Å². The average Bonchev–Trinajstić information content (AvgIpc) is 2.24. The van der Waals surface area contributed by atoms with E-state index < -0.39 is 0 Å². The number of carbonyl (C=O) groups excluding carboxylic acids is 1. The summed E-state index contributed by atoms with van der Waals surface area (Å²) in [5.74, 6) is -0.220. The summed E-state index contributed by atoms with van der Waals surface area (Å²) in [7, 11) is 0. The number of halogens is 2. The summed E-state index contributed by atoms with van der Waals surface area (Å²) in [6, 6.07) is 5.61. The minimum absolute atomic E-state index is 0.220. The lowest BCUT2D eigenvalue weighted by Gasteiger charge is -1.98. The summed E-state index contributed by atoms with van der Waals surface area (Å²) >= 11 is 9.24. The van der Waals surface area contributed by atoms with Gasteiger partial charge in [0.15, 0.2) is 0 Å². The van der Waals surface area contributed by atoms with Crippen LogP contribution in [0.3, 0.4) is 0 Å². The van der Waals surface area contributed by atoms with Crippen molar-refractivity contribution in [3.05, 3.63) is 39.3 Å². The lowest BCUT2D eigenvalue weighted by Crippen LogP contribution is -2.01. The highest BCUT2D eigenvalue weighted by atomic mass is 79.9. The average molecular weight is 304 g/mol. The van der Waals surface area contributed by atoms with Gasteiger partial charge in [-0.05, 0) is 40.5 Å². The molecule has 0 atom stereocenters. The highest BCUT2D eigenvalue weighted by Gasteiger charge is 1.98. The molecular weight excluding hydrogens is 291 g/mol. The Morgan fingerprint density at radius 1 is 1.56 bits per heavy atom. The maximum absolute atomic E-state index is 11.0. The predicted octanol–water partition coefficient (Wildman–Crippen LogP) is 4.07. The van der Waals surface area contributed by atoms with E-state index >= 15 is 0 Å². The van der Waals surface area contributed by atoms with Crippen molar-refractivity contribution in [3.63, 3.8) is 0 Å². The van der Waals surface area contributed by atoms with Crippen molar-refractivity contribution in [2.24, 2.45) is 0 Å². The molecule has 0 unspecified atom stereocenters. The Hall–Kier alpha value is -0.800. The van der Waals surface area contributed by atoms with E-state index in [1.54, 1.807) is 13.0 Å². The third-order valence-electron chi connectivity index (χ3n) is 1.84. The van der Waals surface area contributed by atoms with Crippen LogP contribution in [0.1, 0.15) is 18.9 Å². The molecule has 0 aromatic heterocycles. The predicted molar refractivity (Wildman–Crippen MR) is 69.4 cm³/mol. The zero-order chi connectivity index (χ0) is 12.0. The third-order valence-corrected chi connectivity index (χ3v) is 3.08. The Bertz CT molecular complexity index is 402. The molecule has 16 heavy (non-hydrogen) atoms. The molecule has 1 aromatic rings. The molecule has 0 saturated heterocycles. The molecule has 0 aliphatic carbocycles. The quantitative estimate of drug-likeness (QED) is 0.784. The van der Waals surface area contributed by atoms with E-state index in [4.69, 9.17) is 16.3 Å². The lowest BCUT2D eigenvalue weighted by atomic mass is 10.2. The maximum Gasteiger partial charge on any atom is 0.309 e. The third kappa shape index (κ3) is 4.37. The molecule has 0 saturated carbocycles. The smallest absolute Gasteiger partial charge is 0.309 e. The van der Waals surface area contributed by atoms with Crippen LogP contribution in [0.4, 0.5) is 0 Å². The van der Waals surface area contributed by atoms with E-state index in [2.05, 4.69) is 15.9 Å². The molecule has 0 bridgehead atoms. The summed E-state index contributed by atoms with van der Waals surface area (Å²) in [6.45, 7) is 2.20. The second kappa shape index (κ2) is 6.71. The van der Waals surface area contributed by atoms with E-state index in [-0.39, 0.29) is 12.4 Å². The minimum atomic E-state index is -0.220. The second-order valence-corrected chi connectivity index (χ2v) is 4.35. The second-order valence-electron chi connectivity index (χ2n) is 3.09. The van der Waals surface area contributed by atoms with Crippen LogP contribution in [0.5, 0.6) is 0 Å². The summed E-state index contributed by atoms with van der Waals surface area (Å²) < 4.78 is 5.66. The molecule has 0 N–H and O–H groups in total. The molecule has 0 amide bonds. The molecule has 1 rings (SSSR count). The van der Waals surface area contributed by atoms with Crippen LogP contribution >= 0.6 is 27.5 Å². The summed E-state index contributed by atoms with van der Waals surface area (Å²) in [4.78, 5) is 11.0. The summed E-state index contributed by atoms with van der Waals surface area (Å²) in [5, 5.41) is 0.651. The zero-order valence-corrected chi connectivity index (χ0v) is 11.2. The van der Waals surface area contributed by atoms with E-state index in [0.29, 0.717) is 11.6 Å². The maximum atomic E-state index is 11.0. The lowest BCUT2D eigenvalue weighted by molar-refractivity contribution is -0.142. The minimum Gasteiger partial charge on any atom is -0.466 e. The number of rotatable bonds is 4. The van der Waals surface area contributed by atoms with Gasteiger partial charge in [0.2, 0.25) is 0 Å². The van der Waals surface area contributed by atoms with E-state index in [1.807, 2.05) is 24.3 Å². The molecule has 0 radical (unpaired) electrons. The van der Waals surface area contributed by atoms with Crippen molar-refractivity contribution < 1.29 is 9.53 Å². The van der Waals surface area contributed by atoms with Crippen molar-refractivity contribution in [3.8, 4) is 0 Å². The highest BCUT2D eigenvalue weighted by Crippen LogP contribution is 2.23. The standard InChI is InChI=1S/C12H12BrClO2/c1-2-16-12(15)5-3-4-9-6-7-10(13)11(14)8-9/h3-4,6-8H,2,5H2,1H3. The van der Waals surface area contributed by atoms with Gasteiger partial charge in [-0.3, -0.25) is 4.79 Å². The van der Waals surface area contributed by atoms with E-state index in [0.717, 1.165) is 10.0 Å². The van der Waals surface area contributed by atoms with Crippen LogP contribution in [0.25, 0.3) is 6.08 Å². The fourth-order valence-corrected chi connectivity index (χ4v) is 1.56. The molecule has 0 fully saturated rings. The molecule has 1 aromatic carbocycles. The van der Waals surface area contributed by atoms with E-state index in [1.165, 1.54) is 0 Å². The molecule has 0 heterocycles. The van der Waals surface area contributed by atoms with Gasteiger partial charge in [-0.2, -0.15) is 0 Å². The van der Waals surface area contributed by atoms with Crippen LogP contribution in [0.15, 0.2) is 28.7 Å². The molecule has 4 heteroatoms. The topological polar surface area (TPSA) is 26.3 Å². The number of hydrogen-bond acceptors (Lipinski definition) is 2. The first-order valence-corrected chi connectivity index (χ1v) is 6.07. The highest BCUT2D eigenvalue weighted by molar-refractivity contribution is 9.10. The van der Waals surface area contributed by atoms with Crippen molar-refractivity contribution in [1.29, 1.82) is 0 Å². The molecule has 0 aliphatic heterocycles. The van der Waals surface area contributed by atoms with Gasteiger partial charge in [-0.15, -0.1) is 0 Å². The van der Waals surface area contributed by atoms with Gasteiger partial charge >= 0.3 is 5.97 Å². The Labute approximate surface area is 108 Å². The number of esters is 1. The Balaban J connectivity index is 2.56. The van der Waals surface area contributed by atoms with Gasteiger partial charge in [0, 0.05) is 4.47 Å². The monoisotopic (exact) mass is 302 g/mol. The Morgan fingerprint density at radius 3 is 2.94 bits per heavy atom. The first kappa shape index (κ1) is 13.3. The number of benzene rings is 1. The van der Waals surface area contributed by atoms with Crippen LogP contribution in [0.2, 0.25) is 5.02 Å². The molecule has 0 spiro atoms. The Morgan fingerprint density at radius 2 is 2.31 bits per heavy atom. The van der Waals surface area contributed by atoms with Crippen molar-refractivity contribution in [2.75, 3.05) is 6.61 Å². The molecule has 86 valence electrons. The molecule has 2 nitrogen and oxygen atoms in total. The van der Waals surface area contributed by atoms with Crippen LogP contribution in [-0.4, -0.2) is 12.6 Å². The number of hydrogen-bond donors (Lipinski definition) is 0. The summed E-state index contributed by atoms with van der Waals surface area (Å²) in [5.41, 5.74) is 0.956. The molecule has 0 aliphatic rings. The summed E-state index contributed by atoms with van der Waals surface area (Å²) in [6.07, 6.45) is 3.88. The van der Waals surface area contributed by atoms with Gasteiger partial charge < -0.3 is 4.74 Å². The van der Waals surface area contributed by atoms with Gasteiger partial charge in [-0.1, -0.05) is 29.8 Å². The van der Waals surface area contributed by atoms with Crippen LogP contribution in [0, 0.1) is 0 Å². The van der Waals surface area contributed by atoms with Crippen molar-refractivity contribution in [1.82, 2.24) is 0 Å². The van der Waals surface area contributed by atoms with Crippen molar-refractivity contribution in [2.45, 2.75) is 13.3 Å². The number of ether oxygens (including phenoxy) is 1. The first-order valence-electron chi connectivity index (χ1n) is 4.90. The normalized spacial score (nSPS) is 10.7. The zero-order valence-electron chi connectivity index (χ0n) is 8.87. The van der Waals surface area contributed by atoms with Crippen LogP contribution < -0.4 is 0 Å². The largest absolute Gasteiger partial charge is 0.466 e. The fourth-order valence-electron chi connectivity index (χ4n) is 1.13. The van der Waals surface area contributed by atoms with Crippen LogP contribution in [-0.2, 0) is 9.53 Å². The fraction of sp³-hybridized carbons (Fsp3) is 0.250. The first-order chi connectivity index (χ1) is 7.63. The Kier molecular flexibility index (Phi) is 5.56. The van der Waals surface area contributed by atoms with E-state index in [9.17, 15) is 4.79 Å².